The summed E-state index contributed by atoms with van der Waals surface area (Å²) in [6, 6.07) is 0. The third-order valence-corrected chi connectivity index (χ3v) is 3.58. The van der Waals surface area contributed by atoms with Crippen LogP contribution in [-0.2, 0) is 16.4 Å². The first-order chi connectivity index (χ1) is 8.08. The van der Waals surface area contributed by atoms with Gasteiger partial charge in [-0.05, 0) is 6.92 Å². The largest absolute Gasteiger partial charge is 0.348 e. The van der Waals surface area contributed by atoms with Gasteiger partial charge in [0.15, 0.2) is 5.03 Å². The van der Waals surface area contributed by atoms with Crippen molar-refractivity contribution in [3.8, 4) is 0 Å². The van der Waals surface area contributed by atoms with Crippen LogP contribution in [0.25, 0.3) is 0 Å². The van der Waals surface area contributed by atoms with E-state index in [0.717, 1.165) is 5.69 Å². The molecule has 0 fully saturated rings. The molecule has 0 bridgehead atoms. The average molecular weight is 255 g/mol. The SMILES string of the molecule is Cc1ncc(S(=O)(=O)NCCc2cnc[nH]2)[nH]1. The maximum Gasteiger partial charge on any atom is 0.257 e. The molecule has 0 saturated carbocycles. The van der Waals surface area contributed by atoms with Gasteiger partial charge in [-0.3, -0.25) is 0 Å². The molecule has 0 aliphatic carbocycles. The van der Waals surface area contributed by atoms with E-state index in [1.807, 2.05) is 0 Å². The normalized spacial score (nSPS) is 11.8. The molecule has 2 aromatic heterocycles. The van der Waals surface area contributed by atoms with Gasteiger partial charge in [0.05, 0.1) is 12.5 Å². The summed E-state index contributed by atoms with van der Waals surface area (Å²) in [5.74, 6) is 0.568. The first kappa shape index (κ1) is 11.8. The van der Waals surface area contributed by atoms with Gasteiger partial charge in [0.1, 0.15) is 5.82 Å². The Kier molecular flexibility index (Phi) is 3.25. The van der Waals surface area contributed by atoms with Crippen LogP contribution in [0.5, 0.6) is 0 Å². The lowest BCUT2D eigenvalue weighted by atomic mass is 10.3. The summed E-state index contributed by atoms with van der Waals surface area (Å²) in [6.45, 7) is 2.01. The van der Waals surface area contributed by atoms with Gasteiger partial charge in [0.2, 0.25) is 0 Å². The number of aromatic amines is 2. The van der Waals surface area contributed by atoms with Gasteiger partial charge in [-0.15, -0.1) is 0 Å². The highest BCUT2D eigenvalue weighted by atomic mass is 32.2. The third kappa shape index (κ3) is 2.92. The van der Waals surface area contributed by atoms with Gasteiger partial charge < -0.3 is 9.97 Å². The Hall–Kier alpha value is -1.67. The van der Waals surface area contributed by atoms with Crippen molar-refractivity contribution in [3.05, 3.63) is 30.2 Å². The Morgan fingerprint density at radius 1 is 1.41 bits per heavy atom. The van der Waals surface area contributed by atoms with Gasteiger partial charge >= 0.3 is 0 Å². The van der Waals surface area contributed by atoms with Gasteiger partial charge in [-0.25, -0.2) is 23.1 Å². The number of aromatic nitrogens is 4. The summed E-state index contributed by atoms with van der Waals surface area (Å²) in [5, 5.41) is 0.0830. The Morgan fingerprint density at radius 2 is 2.24 bits per heavy atom. The van der Waals surface area contributed by atoms with Crippen LogP contribution in [0.3, 0.4) is 0 Å². The summed E-state index contributed by atoms with van der Waals surface area (Å²) in [7, 11) is -3.50. The standard InChI is InChI=1S/C9H13N5O2S/c1-7-11-5-9(14-7)17(15,16)13-3-2-8-4-10-6-12-8/h4-6,13H,2-3H2,1H3,(H,10,12)(H,11,14). The van der Waals surface area contributed by atoms with Crippen LogP contribution < -0.4 is 4.72 Å². The molecule has 0 radical (unpaired) electrons. The van der Waals surface area contributed by atoms with Crippen molar-refractivity contribution in [1.29, 1.82) is 0 Å². The quantitative estimate of drug-likeness (QED) is 0.697. The predicted octanol–water partition coefficient (Wildman–Crippen LogP) is -0.0378. The van der Waals surface area contributed by atoms with Gasteiger partial charge in [0.25, 0.3) is 10.0 Å². The van der Waals surface area contributed by atoms with Crippen molar-refractivity contribution in [2.45, 2.75) is 18.4 Å². The molecule has 0 amide bonds. The van der Waals surface area contributed by atoms with Crippen molar-refractivity contribution < 1.29 is 8.42 Å². The number of hydrogen-bond acceptors (Lipinski definition) is 4. The summed E-state index contributed by atoms with van der Waals surface area (Å²) in [4.78, 5) is 13.3. The summed E-state index contributed by atoms with van der Waals surface area (Å²) >= 11 is 0. The van der Waals surface area contributed by atoms with Crippen LogP contribution >= 0.6 is 0 Å². The second-order valence-corrected chi connectivity index (χ2v) is 5.29. The Labute approximate surface area is 98.8 Å². The molecular formula is C9H13N5O2S. The molecule has 2 heterocycles. The van der Waals surface area contributed by atoms with Gasteiger partial charge in [-0.2, -0.15) is 0 Å². The molecule has 0 saturated heterocycles. The number of rotatable bonds is 5. The fraction of sp³-hybridized carbons (Fsp3) is 0.333. The minimum absolute atomic E-state index is 0.0830. The first-order valence-electron chi connectivity index (χ1n) is 5.06. The van der Waals surface area contributed by atoms with Crippen LogP contribution in [0.15, 0.2) is 23.7 Å². The molecule has 7 nitrogen and oxygen atoms in total. The van der Waals surface area contributed by atoms with E-state index in [1.165, 1.54) is 6.20 Å². The van der Waals surface area contributed by atoms with E-state index in [2.05, 4.69) is 24.7 Å². The van der Waals surface area contributed by atoms with Crippen molar-refractivity contribution in [1.82, 2.24) is 24.7 Å². The van der Waals surface area contributed by atoms with Gasteiger partial charge in [-0.1, -0.05) is 0 Å². The van der Waals surface area contributed by atoms with Crippen molar-refractivity contribution >= 4 is 10.0 Å². The van der Waals surface area contributed by atoms with Crippen LogP contribution in [-0.4, -0.2) is 34.9 Å². The van der Waals surface area contributed by atoms with E-state index in [4.69, 9.17) is 0 Å². The molecule has 0 aliphatic heterocycles. The first-order valence-corrected chi connectivity index (χ1v) is 6.55. The number of sulfonamides is 1. The predicted molar refractivity (Wildman–Crippen MR) is 60.8 cm³/mol. The molecule has 92 valence electrons. The van der Waals surface area contributed by atoms with E-state index in [-0.39, 0.29) is 5.03 Å². The highest BCUT2D eigenvalue weighted by Gasteiger charge is 2.15. The number of hydrogen-bond donors (Lipinski definition) is 3. The summed E-state index contributed by atoms with van der Waals surface area (Å²) in [5.41, 5.74) is 0.883. The highest BCUT2D eigenvalue weighted by Crippen LogP contribution is 2.04. The lowest BCUT2D eigenvalue weighted by Gasteiger charge is -2.03. The molecule has 0 aliphatic rings. The average Bonchev–Trinajstić information content (AvgIpc) is 2.89. The molecule has 2 rings (SSSR count). The van der Waals surface area contributed by atoms with E-state index in [9.17, 15) is 8.42 Å². The smallest absolute Gasteiger partial charge is 0.257 e. The van der Waals surface area contributed by atoms with E-state index < -0.39 is 10.0 Å². The van der Waals surface area contributed by atoms with E-state index >= 15 is 0 Å². The topological polar surface area (TPSA) is 104 Å². The second kappa shape index (κ2) is 4.68. The lowest BCUT2D eigenvalue weighted by molar-refractivity contribution is 0.578. The van der Waals surface area contributed by atoms with Crippen LogP contribution in [0.2, 0.25) is 0 Å². The number of aryl methyl sites for hydroxylation is 1. The van der Waals surface area contributed by atoms with E-state index in [1.54, 1.807) is 19.4 Å². The number of nitrogens with zero attached hydrogens (tertiary/aromatic N) is 2. The fourth-order valence-electron chi connectivity index (χ4n) is 1.35. The van der Waals surface area contributed by atoms with Crippen molar-refractivity contribution in [2.24, 2.45) is 0 Å². The molecule has 0 spiro atoms. The number of imidazole rings is 2. The molecular weight excluding hydrogens is 242 g/mol. The Balaban J connectivity index is 1.94. The van der Waals surface area contributed by atoms with Crippen LogP contribution in [0, 0.1) is 6.92 Å². The second-order valence-electron chi connectivity index (χ2n) is 3.56. The molecule has 3 N–H and O–H groups in total. The minimum Gasteiger partial charge on any atom is -0.348 e. The Bertz CT molecular complexity index is 572. The molecule has 2 aromatic rings. The molecule has 8 heteroatoms. The molecule has 0 atom stereocenters. The summed E-state index contributed by atoms with van der Waals surface area (Å²) in [6.07, 6.45) is 5.08. The maximum atomic E-state index is 11.8. The lowest BCUT2D eigenvalue weighted by Crippen LogP contribution is -2.26. The van der Waals surface area contributed by atoms with Crippen molar-refractivity contribution in [3.63, 3.8) is 0 Å². The zero-order chi connectivity index (χ0) is 12.3. The van der Waals surface area contributed by atoms with Crippen molar-refractivity contribution in [2.75, 3.05) is 6.54 Å². The zero-order valence-corrected chi connectivity index (χ0v) is 10.1. The Morgan fingerprint density at radius 3 is 2.82 bits per heavy atom. The zero-order valence-electron chi connectivity index (χ0n) is 9.27. The van der Waals surface area contributed by atoms with Crippen LogP contribution in [0.4, 0.5) is 0 Å². The number of nitrogens with one attached hydrogen (secondary N) is 3. The molecule has 0 unspecified atom stereocenters. The molecule has 0 aromatic carbocycles. The third-order valence-electron chi connectivity index (χ3n) is 2.21. The summed E-state index contributed by atoms with van der Waals surface area (Å²) < 4.78 is 26.0. The minimum atomic E-state index is -3.50. The number of H-pyrrole nitrogens is 2. The highest BCUT2D eigenvalue weighted by molar-refractivity contribution is 7.89. The molecule has 17 heavy (non-hydrogen) atoms. The fourth-order valence-corrected chi connectivity index (χ4v) is 2.35. The van der Waals surface area contributed by atoms with E-state index in [0.29, 0.717) is 18.8 Å². The monoisotopic (exact) mass is 255 g/mol. The maximum absolute atomic E-state index is 11.8. The van der Waals surface area contributed by atoms with Crippen LogP contribution in [0.1, 0.15) is 11.5 Å². The van der Waals surface area contributed by atoms with Gasteiger partial charge in [0, 0.05) is 24.9 Å².